The minimum atomic E-state index is -3.19. The molecule has 1 amide bonds. The van der Waals surface area contributed by atoms with E-state index in [1.54, 1.807) is 12.1 Å². The van der Waals surface area contributed by atoms with Crippen LogP contribution in [-0.4, -0.2) is 26.1 Å². The number of nitrogens with one attached hydrogen (secondary N) is 1. The first kappa shape index (κ1) is 16.7. The standard InChI is InChI=1S/C14H22N2O3S/c1-4-14(15,5-2)13(17)16-10-11-6-8-12(9-7-11)20(3,18)19/h6-9H,4-5,10,15H2,1-3H3,(H,16,17). The fraction of sp³-hybridized carbons (Fsp3) is 0.500. The molecular weight excluding hydrogens is 276 g/mol. The predicted octanol–water partition coefficient (Wildman–Crippen LogP) is 1.22. The molecule has 0 heterocycles. The van der Waals surface area contributed by atoms with Crippen molar-refractivity contribution in [1.29, 1.82) is 0 Å². The number of hydrogen-bond donors (Lipinski definition) is 2. The van der Waals surface area contributed by atoms with Crippen LogP contribution in [-0.2, 0) is 21.2 Å². The Morgan fingerprint density at radius 3 is 2.10 bits per heavy atom. The quantitative estimate of drug-likeness (QED) is 0.826. The van der Waals surface area contributed by atoms with Crippen molar-refractivity contribution in [3.63, 3.8) is 0 Å². The highest BCUT2D eigenvalue weighted by Gasteiger charge is 2.29. The van der Waals surface area contributed by atoms with Gasteiger partial charge in [0.25, 0.3) is 0 Å². The van der Waals surface area contributed by atoms with E-state index in [1.807, 2.05) is 13.8 Å². The molecule has 3 N–H and O–H groups in total. The van der Waals surface area contributed by atoms with Gasteiger partial charge in [-0.05, 0) is 30.5 Å². The van der Waals surface area contributed by atoms with E-state index in [1.165, 1.54) is 12.1 Å². The van der Waals surface area contributed by atoms with Crippen molar-refractivity contribution in [2.45, 2.75) is 43.7 Å². The number of hydrogen-bond acceptors (Lipinski definition) is 4. The van der Waals surface area contributed by atoms with Crippen LogP contribution in [0.15, 0.2) is 29.2 Å². The van der Waals surface area contributed by atoms with Crippen LogP contribution in [0, 0.1) is 0 Å². The molecule has 0 radical (unpaired) electrons. The molecule has 0 aliphatic heterocycles. The van der Waals surface area contributed by atoms with E-state index in [0.717, 1.165) is 11.8 Å². The lowest BCUT2D eigenvalue weighted by Crippen LogP contribution is -2.52. The van der Waals surface area contributed by atoms with Crippen LogP contribution in [0.25, 0.3) is 0 Å². The van der Waals surface area contributed by atoms with Crippen LogP contribution in [0.4, 0.5) is 0 Å². The van der Waals surface area contributed by atoms with E-state index < -0.39 is 15.4 Å². The zero-order chi connectivity index (χ0) is 15.4. The van der Waals surface area contributed by atoms with E-state index in [4.69, 9.17) is 5.73 Å². The fourth-order valence-electron chi connectivity index (χ4n) is 1.78. The summed E-state index contributed by atoms with van der Waals surface area (Å²) in [4.78, 5) is 12.3. The number of rotatable bonds is 6. The smallest absolute Gasteiger partial charge is 0.240 e. The molecule has 20 heavy (non-hydrogen) atoms. The van der Waals surface area contributed by atoms with Crippen LogP contribution >= 0.6 is 0 Å². The van der Waals surface area contributed by atoms with Gasteiger partial charge in [-0.15, -0.1) is 0 Å². The van der Waals surface area contributed by atoms with E-state index in [0.29, 0.717) is 19.4 Å². The first-order chi connectivity index (χ1) is 9.23. The SMILES string of the molecule is CCC(N)(CC)C(=O)NCc1ccc(S(C)(=O)=O)cc1. The largest absolute Gasteiger partial charge is 0.350 e. The van der Waals surface area contributed by atoms with Crippen molar-refractivity contribution in [3.8, 4) is 0 Å². The summed E-state index contributed by atoms with van der Waals surface area (Å²) >= 11 is 0. The number of nitrogens with two attached hydrogens (primary N) is 1. The zero-order valence-electron chi connectivity index (χ0n) is 12.1. The Morgan fingerprint density at radius 1 is 1.20 bits per heavy atom. The van der Waals surface area contributed by atoms with E-state index >= 15 is 0 Å². The Bertz CT molecular complexity index is 561. The van der Waals surface area contributed by atoms with Crippen molar-refractivity contribution >= 4 is 15.7 Å². The number of benzene rings is 1. The maximum atomic E-state index is 12.0. The molecule has 0 saturated carbocycles. The third kappa shape index (κ3) is 4.05. The van der Waals surface area contributed by atoms with Gasteiger partial charge >= 0.3 is 0 Å². The van der Waals surface area contributed by atoms with Crippen LogP contribution in [0.5, 0.6) is 0 Å². The summed E-state index contributed by atoms with van der Waals surface area (Å²) < 4.78 is 22.7. The monoisotopic (exact) mass is 298 g/mol. The summed E-state index contributed by atoms with van der Waals surface area (Å²) in [6.45, 7) is 4.09. The summed E-state index contributed by atoms with van der Waals surface area (Å²) in [5.74, 6) is -0.185. The van der Waals surface area contributed by atoms with Crippen LogP contribution in [0.2, 0.25) is 0 Å². The molecule has 0 aliphatic carbocycles. The van der Waals surface area contributed by atoms with Gasteiger partial charge in [0.05, 0.1) is 10.4 Å². The summed E-state index contributed by atoms with van der Waals surface area (Å²) in [6.07, 6.45) is 2.31. The van der Waals surface area contributed by atoms with E-state index in [2.05, 4.69) is 5.32 Å². The minimum Gasteiger partial charge on any atom is -0.350 e. The summed E-state index contributed by atoms with van der Waals surface area (Å²) in [5, 5.41) is 2.79. The van der Waals surface area contributed by atoms with Crippen LogP contribution in [0.3, 0.4) is 0 Å². The predicted molar refractivity (Wildman–Crippen MR) is 78.9 cm³/mol. The summed E-state index contributed by atoms with van der Waals surface area (Å²) in [6, 6.07) is 6.44. The number of amides is 1. The van der Waals surface area contributed by atoms with Crippen molar-refractivity contribution in [3.05, 3.63) is 29.8 Å². The molecule has 0 aromatic heterocycles. The van der Waals surface area contributed by atoms with Crippen molar-refractivity contribution in [2.75, 3.05) is 6.26 Å². The first-order valence-corrected chi connectivity index (χ1v) is 8.48. The topological polar surface area (TPSA) is 89.3 Å². The lowest BCUT2D eigenvalue weighted by Gasteiger charge is -2.25. The van der Waals surface area contributed by atoms with E-state index in [-0.39, 0.29) is 10.8 Å². The van der Waals surface area contributed by atoms with Crippen LogP contribution in [0.1, 0.15) is 32.3 Å². The average Bonchev–Trinajstić information content (AvgIpc) is 2.43. The Morgan fingerprint density at radius 2 is 1.70 bits per heavy atom. The Labute approximate surface area is 120 Å². The Balaban J connectivity index is 2.70. The molecule has 1 rings (SSSR count). The lowest BCUT2D eigenvalue weighted by molar-refractivity contribution is -0.126. The molecule has 0 bridgehead atoms. The molecule has 0 unspecified atom stereocenters. The number of carbonyl (C=O) groups is 1. The van der Waals surface area contributed by atoms with Crippen molar-refractivity contribution in [2.24, 2.45) is 5.73 Å². The summed E-state index contributed by atoms with van der Waals surface area (Å²) in [5.41, 5.74) is 5.99. The van der Waals surface area contributed by atoms with E-state index in [9.17, 15) is 13.2 Å². The molecule has 0 atom stereocenters. The molecule has 1 aromatic rings. The second kappa shape index (κ2) is 6.37. The van der Waals surface area contributed by atoms with Gasteiger partial charge in [-0.2, -0.15) is 0 Å². The van der Waals surface area contributed by atoms with Gasteiger partial charge in [0, 0.05) is 12.8 Å². The van der Waals surface area contributed by atoms with Crippen molar-refractivity contribution < 1.29 is 13.2 Å². The maximum absolute atomic E-state index is 12.0. The fourth-order valence-corrected chi connectivity index (χ4v) is 2.41. The molecular formula is C14H22N2O3S. The van der Waals surface area contributed by atoms with Gasteiger partial charge in [0.2, 0.25) is 5.91 Å². The third-order valence-corrected chi connectivity index (χ3v) is 4.65. The van der Waals surface area contributed by atoms with Gasteiger partial charge in [-0.1, -0.05) is 26.0 Å². The third-order valence-electron chi connectivity index (χ3n) is 3.52. The molecule has 112 valence electrons. The maximum Gasteiger partial charge on any atom is 0.240 e. The zero-order valence-corrected chi connectivity index (χ0v) is 13.0. The molecule has 1 aromatic carbocycles. The molecule has 0 saturated heterocycles. The molecule has 6 heteroatoms. The highest BCUT2D eigenvalue weighted by atomic mass is 32.2. The molecule has 5 nitrogen and oxygen atoms in total. The van der Waals surface area contributed by atoms with Gasteiger partial charge in [0.15, 0.2) is 9.84 Å². The van der Waals surface area contributed by atoms with Gasteiger partial charge in [-0.25, -0.2) is 8.42 Å². The Hall–Kier alpha value is -1.40. The van der Waals surface area contributed by atoms with Crippen molar-refractivity contribution in [1.82, 2.24) is 5.32 Å². The minimum absolute atomic E-state index is 0.185. The van der Waals surface area contributed by atoms with Crippen LogP contribution < -0.4 is 11.1 Å². The normalized spacial score (nSPS) is 12.2. The van der Waals surface area contributed by atoms with Gasteiger partial charge in [0.1, 0.15) is 0 Å². The second-order valence-electron chi connectivity index (χ2n) is 4.96. The highest BCUT2D eigenvalue weighted by Crippen LogP contribution is 2.13. The lowest BCUT2D eigenvalue weighted by atomic mass is 9.93. The average molecular weight is 298 g/mol. The van der Waals surface area contributed by atoms with Gasteiger partial charge < -0.3 is 11.1 Å². The number of carbonyl (C=O) groups excluding carboxylic acids is 1. The summed E-state index contributed by atoms with van der Waals surface area (Å²) in [7, 11) is -3.19. The second-order valence-corrected chi connectivity index (χ2v) is 6.98. The number of sulfone groups is 1. The van der Waals surface area contributed by atoms with Gasteiger partial charge in [-0.3, -0.25) is 4.79 Å². The molecule has 0 spiro atoms. The first-order valence-electron chi connectivity index (χ1n) is 6.59. The Kier molecular flexibility index (Phi) is 5.30. The highest BCUT2D eigenvalue weighted by molar-refractivity contribution is 7.90. The molecule has 0 aliphatic rings. The molecule has 0 fully saturated rings.